The van der Waals surface area contributed by atoms with Gasteiger partial charge in [0.05, 0.1) is 10.5 Å². The van der Waals surface area contributed by atoms with Crippen molar-refractivity contribution in [1.29, 1.82) is 0 Å². The van der Waals surface area contributed by atoms with E-state index in [1.807, 2.05) is 6.92 Å². The second-order valence-electron chi connectivity index (χ2n) is 2.21. The van der Waals surface area contributed by atoms with Crippen molar-refractivity contribution in [1.82, 2.24) is 4.98 Å². The molecule has 0 N–H and O–H groups in total. The van der Waals surface area contributed by atoms with Crippen LogP contribution in [0.1, 0.15) is 12.5 Å². The Labute approximate surface area is 77.9 Å². The molecule has 0 atom stereocenters. The zero-order valence-electron chi connectivity index (χ0n) is 6.45. The first kappa shape index (κ1) is 9.12. The van der Waals surface area contributed by atoms with Crippen molar-refractivity contribution in [3.63, 3.8) is 0 Å². The van der Waals surface area contributed by atoms with Crippen LogP contribution in [0.2, 0.25) is 0 Å². The van der Waals surface area contributed by atoms with Gasteiger partial charge in [-0.15, -0.1) is 0 Å². The Balaban J connectivity index is 3.27. The Morgan fingerprint density at radius 3 is 2.83 bits per heavy atom. The van der Waals surface area contributed by atoms with Crippen LogP contribution in [0.15, 0.2) is 16.9 Å². The lowest BCUT2D eigenvalue weighted by Crippen LogP contribution is -1.96. The van der Waals surface area contributed by atoms with Gasteiger partial charge in [-0.05, 0) is 22.4 Å². The molecule has 0 bridgehead atoms. The summed E-state index contributed by atoms with van der Waals surface area (Å²) in [7, 11) is 0. The third-order valence-corrected chi connectivity index (χ3v) is 2.21. The van der Waals surface area contributed by atoms with Gasteiger partial charge < -0.3 is 0 Å². The second-order valence-corrected chi connectivity index (χ2v) is 2.96. The first-order chi connectivity index (χ1) is 5.66. The zero-order valence-corrected chi connectivity index (χ0v) is 8.04. The van der Waals surface area contributed by atoms with Gasteiger partial charge in [0.25, 0.3) is 5.69 Å². The number of aromatic nitrogens is 1. The van der Waals surface area contributed by atoms with Gasteiger partial charge in [-0.2, -0.15) is 0 Å². The third kappa shape index (κ3) is 1.61. The molecular weight excluding hydrogens is 224 g/mol. The Morgan fingerprint density at radius 2 is 2.42 bits per heavy atom. The Bertz CT molecular complexity index is 314. The van der Waals surface area contributed by atoms with Crippen molar-refractivity contribution in [2.45, 2.75) is 13.3 Å². The highest BCUT2D eigenvalue weighted by atomic mass is 79.9. The number of hydrogen-bond acceptors (Lipinski definition) is 3. The lowest BCUT2D eigenvalue weighted by Gasteiger charge is -1.99. The molecule has 0 aliphatic rings. The zero-order chi connectivity index (χ0) is 9.14. The number of nitro groups is 1. The Hall–Kier alpha value is -0.970. The lowest BCUT2D eigenvalue weighted by atomic mass is 10.2. The van der Waals surface area contributed by atoms with E-state index in [1.54, 1.807) is 0 Å². The minimum atomic E-state index is -0.398. The maximum Gasteiger partial charge on any atom is 0.276 e. The number of pyridine rings is 1. The lowest BCUT2D eigenvalue weighted by molar-refractivity contribution is -0.385. The maximum absolute atomic E-state index is 10.5. The van der Waals surface area contributed by atoms with E-state index in [0.717, 1.165) is 0 Å². The van der Waals surface area contributed by atoms with E-state index in [-0.39, 0.29) is 5.69 Å². The Kier molecular flexibility index (Phi) is 2.75. The minimum Gasteiger partial charge on any atom is -0.258 e. The highest BCUT2D eigenvalue weighted by Gasteiger charge is 2.14. The van der Waals surface area contributed by atoms with Crippen LogP contribution >= 0.6 is 15.9 Å². The molecule has 0 radical (unpaired) electrons. The standard InChI is InChI=1S/C7H7BrN2O2/c1-2-5-6(10(11)12)3-4-9-7(5)8/h3-4H,2H2,1H3. The maximum atomic E-state index is 10.5. The number of hydrogen-bond donors (Lipinski definition) is 0. The molecule has 1 aromatic rings. The minimum absolute atomic E-state index is 0.124. The summed E-state index contributed by atoms with van der Waals surface area (Å²) in [6, 6.07) is 1.41. The summed E-state index contributed by atoms with van der Waals surface area (Å²) < 4.78 is 0.555. The van der Waals surface area contributed by atoms with E-state index in [1.165, 1.54) is 12.3 Å². The van der Waals surface area contributed by atoms with Crippen molar-refractivity contribution < 1.29 is 4.92 Å². The van der Waals surface area contributed by atoms with Crippen molar-refractivity contribution >= 4 is 21.6 Å². The van der Waals surface area contributed by atoms with E-state index in [4.69, 9.17) is 0 Å². The average Bonchev–Trinajstić information content (AvgIpc) is 2.03. The molecule has 4 nitrogen and oxygen atoms in total. The van der Waals surface area contributed by atoms with Gasteiger partial charge in [-0.3, -0.25) is 10.1 Å². The quantitative estimate of drug-likeness (QED) is 0.445. The molecule has 1 rings (SSSR count). The molecule has 1 aromatic heterocycles. The van der Waals surface area contributed by atoms with Gasteiger partial charge in [-0.1, -0.05) is 6.92 Å². The van der Waals surface area contributed by atoms with Crippen LogP contribution in [-0.4, -0.2) is 9.91 Å². The van der Waals surface area contributed by atoms with Gasteiger partial charge in [0, 0.05) is 12.3 Å². The summed E-state index contributed by atoms with van der Waals surface area (Å²) >= 11 is 3.16. The SMILES string of the molecule is CCc1c([N+](=O)[O-])ccnc1Br. The normalized spacial score (nSPS) is 9.83. The molecule has 1 heterocycles. The molecule has 5 heteroatoms. The fraction of sp³-hybridized carbons (Fsp3) is 0.286. The second kappa shape index (κ2) is 3.62. The van der Waals surface area contributed by atoms with Crippen molar-refractivity contribution in [3.05, 3.63) is 32.5 Å². The van der Waals surface area contributed by atoms with E-state index in [2.05, 4.69) is 20.9 Å². The number of halogens is 1. The van der Waals surface area contributed by atoms with Gasteiger partial charge in [0.15, 0.2) is 0 Å². The molecule has 64 valence electrons. The van der Waals surface area contributed by atoms with Gasteiger partial charge >= 0.3 is 0 Å². The molecule has 12 heavy (non-hydrogen) atoms. The molecule has 0 amide bonds. The van der Waals surface area contributed by atoms with Crippen molar-refractivity contribution in [3.8, 4) is 0 Å². The predicted molar refractivity (Wildman–Crippen MR) is 48.0 cm³/mol. The van der Waals surface area contributed by atoms with Crippen molar-refractivity contribution in [2.75, 3.05) is 0 Å². The van der Waals surface area contributed by atoms with E-state index < -0.39 is 4.92 Å². The summed E-state index contributed by atoms with van der Waals surface area (Å²) in [5.41, 5.74) is 0.766. The summed E-state index contributed by atoms with van der Waals surface area (Å²) in [5, 5.41) is 10.5. The fourth-order valence-corrected chi connectivity index (χ4v) is 1.56. The topological polar surface area (TPSA) is 56.0 Å². The third-order valence-electron chi connectivity index (χ3n) is 1.53. The van der Waals surface area contributed by atoms with Crippen LogP contribution in [0.3, 0.4) is 0 Å². The first-order valence-corrected chi connectivity index (χ1v) is 4.24. The summed E-state index contributed by atoms with van der Waals surface area (Å²) in [4.78, 5) is 14.0. The predicted octanol–water partition coefficient (Wildman–Crippen LogP) is 2.31. The first-order valence-electron chi connectivity index (χ1n) is 3.44. The molecule has 0 spiro atoms. The summed E-state index contributed by atoms with van der Waals surface area (Å²) in [5.74, 6) is 0. The monoisotopic (exact) mass is 230 g/mol. The largest absolute Gasteiger partial charge is 0.276 e. The average molecular weight is 231 g/mol. The molecule has 0 saturated carbocycles. The molecule has 0 aliphatic heterocycles. The van der Waals surface area contributed by atoms with Crippen LogP contribution in [0, 0.1) is 10.1 Å². The highest BCUT2D eigenvalue weighted by Crippen LogP contribution is 2.24. The molecular formula is C7H7BrN2O2. The summed E-state index contributed by atoms with van der Waals surface area (Å²) in [6.07, 6.45) is 2.02. The number of nitrogens with zero attached hydrogens (tertiary/aromatic N) is 2. The van der Waals surface area contributed by atoms with Gasteiger partial charge in [-0.25, -0.2) is 4.98 Å². The molecule has 0 saturated heterocycles. The van der Waals surface area contributed by atoms with Crippen LogP contribution < -0.4 is 0 Å². The van der Waals surface area contributed by atoms with Crippen molar-refractivity contribution in [2.24, 2.45) is 0 Å². The van der Waals surface area contributed by atoms with Gasteiger partial charge in [0.1, 0.15) is 4.60 Å². The van der Waals surface area contributed by atoms with E-state index in [0.29, 0.717) is 16.6 Å². The fourth-order valence-electron chi connectivity index (χ4n) is 0.956. The van der Waals surface area contributed by atoms with Crippen LogP contribution in [0.5, 0.6) is 0 Å². The van der Waals surface area contributed by atoms with E-state index >= 15 is 0 Å². The molecule has 0 aromatic carbocycles. The molecule has 0 unspecified atom stereocenters. The highest BCUT2D eigenvalue weighted by molar-refractivity contribution is 9.10. The van der Waals surface area contributed by atoms with Crippen LogP contribution in [0.25, 0.3) is 0 Å². The summed E-state index contributed by atoms with van der Waals surface area (Å²) in [6.45, 7) is 1.86. The molecule has 0 fully saturated rings. The van der Waals surface area contributed by atoms with Gasteiger partial charge in [0.2, 0.25) is 0 Å². The molecule has 0 aliphatic carbocycles. The van der Waals surface area contributed by atoms with E-state index in [9.17, 15) is 10.1 Å². The number of rotatable bonds is 2. The van der Waals surface area contributed by atoms with Crippen LogP contribution in [-0.2, 0) is 6.42 Å². The Morgan fingerprint density at radius 1 is 1.75 bits per heavy atom. The van der Waals surface area contributed by atoms with Crippen LogP contribution in [0.4, 0.5) is 5.69 Å². The smallest absolute Gasteiger partial charge is 0.258 e.